The van der Waals surface area contributed by atoms with Gasteiger partial charge in [0, 0.05) is 30.5 Å². The van der Waals surface area contributed by atoms with Gasteiger partial charge in [0.05, 0.1) is 17.9 Å². The van der Waals surface area contributed by atoms with Crippen molar-refractivity contribution < 1.29 is 14.4 Å². The Morgan fingerprint density at radius 2 is 1.94 bits per heavy atom. The lowest BCUT2D eigenvalue weighted by molar-refractivity contribution is 0.115. The minimum Gasteiger partial charge on any atom is -0.493 e. The second kappa shape index (κ2) is 9.32. The van der Waals surface area contributed by atoms with E-state index in [0.717, 1.165) is 65.9 Å². The Morgan fingerprint density at radius 3 is 2.59 bits per heavy atom. The number of fused-ring (bicyclic) bond motifs is 1. The molecule has 2 saturated carbocycles. The normalized spacial score (nSPS) is 21.5. The van der Waals surface area contributed by atoms with Gasteiger partial charge >= 0.3 is 0 Å². The summed E-state index contributed by atoms with van der Waals surface area (Å²) in [7, 11) is 4.16. The summed E-state index contributed by atoms with van der Waals surface area (Å²) >= 11 is 0. The van der Waals surface area contributed by atoms with Crippen molar-refractivity contribution in [3.8, 4) is 5.75 Å². The minimum absolute atomic E-state index is 0.234. The number of ether oxygens (including phenoxy) is 1. The van der Waals surface area contributed by atoms with Crippen molar-refractivity contribution in [2.75, 3.05) is 46.9 Å². The highest BCUT2D eigenvalue weighted by atomic mass is 16.5. The zero-order chi connectivity index (χ0) is 22.1. The van der Waals surface area contributed by atoms with Crippen molar-refractivity contribution in [2.24, 2.45) is 17.3 Å². The van der Waals surface area contributed by atoms with Gasteiger partial charge in [-0.05, 0) is 103 Å². The van der Waals surface area contributed by atoms with Gasteiger partial charge in [-0.25, -0.2) is 0 Å². The number of nitrogens with zero attached hydrogens (tertiary/aromatic N) is 3. The summed E-state index contributed by atoms with van der Waals surface area (Å²) in [6.45, 7) is 5.38. The molecule has 3 fully saturated rings. The van der Waals surface area contributed by atoms with Crippen molar-refractivity contribution in [3.05, 3.63) is 23.4 Å². The lowest BCUT2D eigenvalue weighted by Crippen LogP contribution is -2.38. The van der Waals surface area contributed by atoms with E-state index in [1.807, 2.05) is 0 Å². The second-order valence-electron chi connectivity index (χ2n) is 11.0. The van der Waals surface area contributed by atoms with Gasteiger partial charge in [0.1, 0.15) is 5.75 Å². The maximum absolute atomic E-state index is 9.60. The minimum atomic E-state index is 0.234. The Hall–Kier alpha value is -1.63. The Kier molecular flexibility index (Phi) is 6.46. The summed E-state index contributed by atoms with van der Waals surface area (Å²) < 4.78 is 12.0. The van der Waals surface area contributed by atoms with Crippen LogP contribution in [0.2, 0.25) is 0 Å². The van der Waals surface area contributed by atoms with Crippen LogP contribution in [0.4, 0.5) is 0 Å². The molecule has 0 radical (unpaired) electrons. The van der Waals surface area contributed by atoms with Gasteiger partial charge in [0.15, 0.2) is 5.58 Å². The summed E-state index contributed by atoms with van der Waals surface area (Å²) in [6, 6.07) is 4.27. The van der Waals surface area contributed by atoms with Crippen LogP contribution in [0.1, 0.15) is 56.2 Å². The van der Waals surface area contributed by atoms with Crippen LogP contribution in [0.5, 0.6) is 5.75 Å². The largest absolute Gasteiger partial charge is 0.493 e. The van der Waals surface area contributed by atoms with E-state index in [4.69, 9.17) is 9.26 Å². The third-order valence-corrected chi connectivity index (χ3v) is 7.77. The first-order valence-corrected chi connectivity index (χ1v) is 12.6. The van der Waals surface area contributed by atoms with Crippen LogP contribution in [0.25, 0.3) is 11.0 Å². The van der Waals surface area contributed by atoms with E-state index < -0.39 is 0 Å². The molecule has 0 atom stereocenters. The molecule has 0 bridgehead atoms. The average Bonchev–Trinajstić information content (AvgIpc) is 3.72. The summed E-state index contributed by atoms with van der Waals surface area (Å²) in [6.07, 6.45) is 9.63. The first-order chi connectivity index (χ1) is 15.5. The van der Waals surface area contributed by atoms with E-state index in [1.165, 1.54) is 58.0 Å². The number of hydrogen-bond donors (Lipinski definition) is 1. The first kappa shape index (κ1) is 22.2. The highest BCUT2D eigenvalue weighted by Crippen LogP contribution is 2.46. The number of likely N-dealkylation sites (tertiary alicyclic amines) is 1. The standard InChI is InChI=1S/C26H39N3O3/c1-28(2)15-22-24(31-16-20-3-4-20)8-6-21-23(27-32-25(21)22)7-5-19-9-13-29(14-10-19)17-26(18-30)11-12-26/h6,8,19-20,30H,3-5,7,9-18H2,1-2H3. The third-order valence-electron chi connectivity index (χ3n) is 7.77. The molecule has 1 aromatic carbocycles. The molecule has 1 N–H and O–H groups in total. The van der Waals surface area contributed by atoms with Crippen LogP contribution in [-0.4, -0.2) is 67.0 Å². The van der Waals surface area contributed by atoms with Gasteiger partial charge in [-0.2, -0.15) is 0 Å². The Labute approximate surface area is 191 Å². The van der Waals surface area contributed by atoms with Gasteiger partial charge in [0.2, 0.25) is 0 Å². The molecule has 176 valence electrons. The predicted octanol–water partition coefficient (Wildman–Crippen LogP) is 4.10. The van der Waals surface area contributed by atoms with Gasteiger partial charge in [0.25, 0.3) is 0 Å². The van der Waals surface area contributed by atoms with Crippen molar-refractivity contribution in [1.29, 1.82) is 0 Å². The van der Waals surface area contributed by atoms with Crippen molar-refractivity contribution in [3.63, 3.8) is 0 Å². The zero-order valence-electron chi connectivity index (χ0n) is 19.8. The van der Waals surface area contributed by atoms with Crippen molar-refractivity contribution >= 4 is 11.0 Å². The Balaban J connectivity index is 1.20. The van der Waals surface area contributed by atoms with E-state index in [2.05, 4.69) is 41.2 Å². The smallest absolute Gasteiger partial charge is 0.175 e. The molecule has 6 nitrogen and oxygen atoms in total. The van der Waals surface area contributed by atoms with E-state index in [9.17, 15) is 5.11 Å². The molecule has 0 unspecified atom stereocenters. The molecule has 5 rings (SSSR count). The number of aliphatic hydroxyl groups is 1. The molecule has 6 heteroatoms. The topological polar surface area (TPSA) is 62.0 Å². The Bertz CT molecular complexity index is 908. The quantitative estimate of drug-likeness (QED) is 0.567. The summed E-state index contributed by atoms with van der Waals surface area (Å²) in [5.41, 5.74) is 3.35. The number of hydrogen-bond acceptors (Lipinski definition) is 6. The lowest BCUT2D eigenvalue weighted by atomic mass is 9.90. The number of aromatic nitrogens is 1. The maximum Gasteiger partial charge on any atom is 0.175 e. The second-order valence-corrected chi connectivity index (χ2v) is 11.0. The number of aliphatic hydroxyl groups excluding tert-OH is 1. The van der Waals surface area contributed by atoms with Crippen molar-refractivity contribution in [2.45, 2.75) is 57.9 Å². The lowest BCUT2D eigenvalue weighted by Gasteiger charge is -2.34. The number of aryl methyl sites for hydroxylation is 1. The van der Waals surface area contributed by atoms with Crippen LogP contribution in [0, 0.1) is 17.3 Å². The van der Waals surface area contributed by atoms with Gasteiger partial charge in [-0.15, -0.1) is 0 Å². The van der Waals surface area contributed by atoms with E-state index in [1.54, 1.807) is 0 Å². The summed E-state index contributed by atoms with van der Waals surface area (Å²) in [5, 5.41) is 15.2. The fourth-order valence-corrected chi connectivity index (χ4v) is 5.16. The molecule has 0 spiro atoms. The summed E-state index contributed by atoms with van der Waals surface area (Å²) in [4.78, 5) is 4.74. The fourth-order valence-electron chi connectivity index (χ4n) is 5.16. The number of rotatable bonds is 11. The third kappa shape index (κ3) is 5.13. The zero-order valence-corrected chi connectivity index (χ0v) is 19.8. The molecule has 1 saturated heterocycles. The summed E-state index contributed by atoms with van der Waals surface area (Å²) in [5.74, 6) is 2.43. The molecule has 32 heavy (non-hydrogen) atoms. The average molecular weight is 442 g/mol. The monoisotopic (exact) mass is 441 g/mol. The van der Waals surface area contributed by atoms with Crippen LogP contribution in [0.3, 0.4) is 0 Å². The molecule has 0 amide bonds. The SMILES string of the molecule is CN(C)Cc1c(OCC2CC2)ccc2c(CCC3CCN(CC4(CO)CC4)CC3)noc12. The molecule has 2 aliphatic carbocycles. The highest BCUT2D eigenvalue weighted by Gasteiger charge is 2.43. The van der Waals surface area contributed by atoms with Crippen LogP contribution >= 0.6 is 0 Å². The maximum atomic E-state index is 9.60. The highest BCUT2D eigenvalue weighted by molar-refractivity contribution is 5.84. The van der Waals surface area contributed by atoms with Crippen LogP contribution < -0.4 is 4.74 Å². The molecule has 2 aromatic rings. The van der Waals surface area contributed by atoms with Crippen LogP contribution in [0.15, 0.2) is 16.7 Å². The Morgan fingerprint density at radius 1 is 1.16 bits per heavy atom. The molecule has 1 aromatic heterocycles. The predicted molar refractivity (Wildman–Crippen MR) is 126 cm³/mol. The number of piperidine rings is 1. The fraction of sp³-hybridized carbons (Fsp3) is 0.731. The van der Waals surface area contributed by atoms with Crippen molar-refractivity contribution in [1.82, 2.24) is 15.0 Å². The molecule has 2 heterocycles. The molecule has 3 aliphatic rings. The molecule has 1 aliphatic heterocycles. The van der Waals surface area contributed by atoms with E-state index in [0.29, 0.717) is 6.61 Å². The van der Waals surface area contributed by atoms with Gasteiger partial charge < -0.3 is 24.2 Å². The first-order valence-electron chi connectivity index (χ1n) is 12.6. The number of benzene rings is 1. The van der Waals surface area contributed by atoms with Gasteiger partial charge in [-0.3, -0.25) is 0 Å². The molecular formula is C26H39N3O3. The van der Waals surface area contributed by atoms with Gasteiger partial charge in [-0.1, -0.05) is 5.16 Å². The van der Waals surface area contributed by atoms with E-state index in [-0.39, 0.29) is 5.41 Å². The van der Waals surface area contributed by atoms with Crippen LogP contribution in [-0.2, 0) is 13.0 Å². The molecular weight excluding hydrogens is 402 g/mol. The van der Waals surface area contributed by atoms with E-state index >= 15 is 0 Å².